The van der Waals surface area contributed by atoms with Crippen molar-refractivity contribution >= 4 is 40.6 Å². The van der Waals surface area contributed by atoms with Gasteiger partial charge in [-0.3, -0.25) is 0 Å². The topological polar surface area (TPSA) is 89.6 Å². The molecule has 2 aromatic heterocycles. The molecule has 3 N–H and O–H groups in total. The van der Waals surface area contributed by atoms with Crippen LogP contribution >= 0.6 is 34.8 Å². The molecular weight excluding hydrogens is 311 g/mol. The number of hydrogen-bond acceptors (Lipinski definition) is 6. The van der Waals surface area contributed by atoms with E-state index in [1.807, 2.05) is 0 Å². The summed E-state index contributed by atoms with van der Waals surface area (Å²) in [5.41, 5.74) is 4.50. The molecule has 0 aromatic carbocycles. The fourth-order valence-corrected chi connectivity index (χ4v) is 1.20. The highest BCUT2D eigenvalue weighted by molar-refractivity contribution is 6.40. The van der Waals surface area contributed by atoms with Gasteiger partial charge in [-0.15, -0.1) is 0 Å². The minimum Gasteiger partial charge on any atom is -0.371 e. The molecule has 0 unspecified atom stereocenters. The van der Waals surface area contributed by atoms with Crippen LogP contribution in [-0.4, -0.2) is 34.0 Å². The Hall–Kier alpha value is -1.21. The number of anilines is 1. The van der Waals surface area contributed by atoms with Crippen molar-refractivity contribution in [2.45, 2.75) is 0 Å². The maximum Gasteiger partial charge on any atom is 0.171 e. The molecule has 0 atom stereocenters. The van der Waals surface area contributed by atoms with Crippen LogP contribution in [0.5, 0.6) is 0 Å². The van der Waals surface area contributed by atoms with Crippen molar-refractivity contribution in [2.24, 2.45) is 5.73 Å². The molecule has 2 heterocycles. The Balaban J connectivity index is 0.000000303. The van der Waals surface area contributed by atoms with Crippen LogP contribution in [0.3, 0.4) is 0 Å². The van der Waals surface area contributed by atoms with Crippen LogP contribution in [0.1, 0.15) is 0 Å². The second-order valence-electron chi connectivity index (χ2n) is 2.58. The fourth-order valence-electron chi connectivity index (χ4n) is 0.793. The molecule has 19 heavy (non-hydrogen) atoms. The van der Waals surface area contributed by atoms with E-state index in [4.69, 9.17) is 34.8 Å². The molecule has 2 rings (SSSR count). The third kappa shape index (κ3) is 7.07. The van der Waals surface area contributed by atoms with Gasteiger partial charge in [0.15, 0.2) is 21.3 Å². The third-order valence-electron chi connectivity index (χ3n) is 1.50. The van der Waals surface area contributed by atoms with Crippen molar-refractivity contribution in [1.29, 1.82) is 0 Å². The summed E-state index contributed by atoms with van der Waals surface area (Å²) in [6.07, 6.45) is 6.09. The van der Waals surface area contributed by atoms with Crippen LogP contribution < -0.4 is 11.1 Å². The predicted molar refractivity (Wildman–Crippen MR) is 78.8 cm³/mol. The Morgan fingerprint density at radius 1 is 0.789 bits per heavy atom. The van der Waals surface area contributed by atoms with E-state index in [0.717, 1.165) is 0 Å². The number of hydrogen-bond donors (Lipinski definition) is 2. The lowest BCUT2D eigenvalue weighted by molar-refractivity contribution is 1.19. The summed E-state index contributed by atoms with van der Waals surface area (Å²) in [4.78, 5) is 15.0. The maximum atomic E-state index is 5.59. The van der Waals surface area contributed by atoms with E-state index >= 15 is 0 Å². The first kappa shape index (κ1) is 17.8. The van der Waals surface area contributed by atoms with Gasteiger partial charge in [-0.2, -0.15) is 0 Å². The van der Waals surface area contributed by atoms with Crippen LogP contribution in [0.15, 0.2) is 24.8 Å². The van der Waals surface area contributed by atoms with E-state index in [2.05, 4.69) is 31.0 Å². The molecular formula is C10H13Cl3N6. The van der Waals surface area contributed by atoms with Gasteiger partial charge in [0.05, 0.1) is 0 Å². The highest BCUT2D eigenvalue weighted by Crippen LogP contribution is 2.13. The first-order chi connectivity index (χ1) is 9.15. The van der Waals surface area contributed by atoms with Gasteiger partial charge in [0.25, 0.3) is 0 Å². The SMILES string of the molecule is CN.CNc1nccnc1Cl.Clc1nccnc1Cl. The zero-order chi connectivity index (χ0) is 14.7. The van der Waals surface area contributed by atoms with Gasteiger partial charge in [0, 0.05) is 31.8 Å². The highest BCUT2D eigenvalue weighted by atomic mass is 35.5. The minimum atomic E-state index is 0.245. The normalized spacial score (nSPS) is 8.53. The van der Waals surface area contributed by atoms with E-state index in [0.29, 0.717) is 11.0 Å². The fraction of sp³-hybridized carbons (Fsp3) is 0.200. The third-order valence-corrected chi connectivity index (χ3v) is 2.43. The molecule has 0 saturated heterocycles. The van der Waals surface area contributed by atoms with E-state index in [-0.39, 0.29) is 10.3 Å². The number of nitrogens with zero attached hydrogens (tertiary/aromatic N) is 4. The van der Waals surface area contributed by atoms with E-state index in [1.165, 1.54) is 19.4 Å². The standard InChI is InChI=1S/C5H6ClN3.C4H2Cl2N2.CH5N/c1-7-5-4(6)8-2-3-9-5;5-3-4(6)8-2-1-7-3;1-2/h2-3H,1H3,(H,7,9);1-2H;2H2,1H3. The van der Waals surface area contributed by atoms with Gasteiger partial charge in [0.2, 0.25) is 0 Å². The molecule has 104 valence electrons. The van der Waals surface area contributed by atoms with Crippen molar-refractivity contribution < 1.29 is 0 Å². The van der Waals surface area contributed by atoms with Crippen molar-refractivity contribution in [3.05, 3.63) is 40.2 Å². The highest BCUT2D eigenvalue weighted by Gasteiger charge is 1.95. The van der Waals surface area contributed by atoms with Crippen LogP contribution in [0.2, 0.25) is 15.5 Å². The first-order valence-electron chi connectivity index (χ1n) is 4.99. The van der Waals surface area contributed by atoms with Crippen molar-refractivity contribution in [2.75, 3.05) is 19.4 Å². The lowest BCUT2D eigenvalue weighted by atomic mass is 10.7. The van der Waals surface area contributed by atoms with Crippen molar-refractivity contribution in [1.82, 2.24) is 19.9 Å². The number of nitrogens with one attached hydrogen (secondary N) is 1. The zero-order valence-electron chi connectivity index (χ0n) is 10.3. The van der Waals surface area contributed by atoms with Crippen LogP contribution in [0.25, 0.3) is 0 Å². The summed E-state index contributed by atoms with van der Waals surface area (Å²) in [5.74, 6) is 0.610. The van der Waals surface area contributed by atoms with Gasteiger partial charge in [-0.25, -0.2) is 19.9 Å². The molecule has 0 bridgehead atoms. The van der Waals surface area contributed by atoms with Gasteiger partial charge in [-0.05, 0) is 7.05 Å². The van der Waals surface area contributed by atoms with Crippen molar-refractivity contribution in [3.63, 3.8) is 0 Å². The Morgan fingerprint density at radius 3 is 1.42 bits per heavy atom. The Kier molecular flexibility index (Phi) is 10.0. The molecule has 0 amide bonds. The summed E-state index contributed by atoms with van der Waals surface area (Å²) < 4.78 is 0. The largest absolute Gasteiger partial charge is 0.371 e. The number of halogens is 3. The van der Waals surface area contributed by atoms with E-state index < -0.39 is 0 Å². The molecule has 0 saturated carbocycles. The average Bonchev–Trinajstić information content (AvgIpc) is 2.46. The molecule has 0 aliphatic rings. The average molecular weight is 324 g/mol. The van der Waals surface area contributed by atoms with Crippen LogP contribution in [0.4, 0.5) is 5.82 Å². The van der Waals surface area contributed by atoms with E-state index in [9.17, 15) is 0 Å². The first-order valence-corrected chi connectivity index (χ1v) is 6.12. The predicted octanol–water partition coefficient (Wildman–Crippen LogP) is 2.53. The molecule has 9 heteroatoms. The second kappa shape index (κ2) is 10.7. The smallest absolute Gasteiger partial charge is 0.171 e. The zero-order valence-corrected chi connectivity index (χ0v) is 12.6. The minimum absolute atomic E-state index is 0.245. The summed E-state index contributed by atoms with van der Waals surface area (Å²) in [6, 6.07) is 0. The van der Waals surface area contributed by atoms with E-state index in [1.54, 1.807) is 19.4 Å². The second-order valence-corrected chi connectivity index (χ2v) is 3.66. The van der Waals surface area contributed by atoms with Gasteiger partial charge >= 0.3 is 0 Å². The molecule has 6 nitrogen and oxygen atoms in total. The number of rotatable bonds is 1. The van der Waals surface area contributed by atoms with Crippen molar-refractivity contribution in [3.8, 4) is 0 Å². The van der Waals surface area contributed by atoms with Gasteiger partial charge in [0.1, 0.15) is 0 Å². The van der Waals surface area contributed by atoms with Gasteiger partial charge < -0.3 is 11.1 Å². The summed E-state index contributed by atoms with van der Waals surface area (Å²) in [7, 11) is 3.25. The lowest BCUT2D eigenvalue weighted by Crippen LogP contribution is -1.93. The Morgan fingerprint density at radius 2 is 1.16 bits per heavy atom. The van der Waals surface area contributed by atoms with Crippen LogP contribution in [-0.2, 0) is 0 Å². The Labute approximate surface area is 126 Å². The quantitative estimate of drug-likeness (QED) is 0.838. The molecule has 0 aliphatic heterocycles. The number of nitrogens with two attached hydrogens (primary N) is 1. The molecule has 2 aromatic rings. The molecule has 0 fully saturated rings. The number of aromatic nitrogens is 4. The maximum absolute atomic E-state index is 5.59. The summed E-state index contributed by atoms with van der Waals surface area (Å²) >= 11 is 16.4. The molecule has 0 aliphatic carbocycles. The van der Waals surface area contributed by atoms with Crippen LogP contribution in [0, 0.1) is 0 Å². The summed E-state index contributed by atoms with van der Waals surface area (Å²) in [5, 5.41) is 3.68. The van der Waals surface area contributed by atoms with Gasteiger partial charge in [-0.1, -0.05) is 34.8 Å². The lowest BCUT2D eigenvalue weighted by Gasteiger charge is -1.96. The monoisotopic (exact) mass is 322 g/mol. The Bertz CT molecular complexity index is 461. The summed E-state index contributed by atoms with van der Waals surface area (Å²) in [6.45, 7) is 0. The molecule has 0 spiro atoms. The molecule has 0 radical (unpaired) electrons.